The quantitative estimate of drug-likeness (QED) is 0.698. The lowest BCUT2D eigenvalue weighted by atomic mass is 9.99. The highest BCUT2D eigenvalue weighted by molar-refractivity contribution is 7.91. The summed E-state index contributed by atoms with van der Waals surface area (Å²) >= 11 is 1.23. The zero-order valence-electron chi connectivity index (χ0n) is 15.9. The third kappa shape index (κ3) is 5.76. The molecule has 1 atom stereocenters. The van der Waals surface area contributed by atoms with Gasteiger partial charge in [0.2, 0.25) is 5.91 Å². The molecule has 0 bridgehead atoms. The van der Waals surface area contributed by atoms with E-state index in [-0.39, 0.29) is 18.4 Å². The number of thiophene rings is 1. The van der Waals surface area contributed by atoms with Crippen molar-refractivity contribution in [1.82, 2.24) is 14.5 Å². The molecule has 8 heteroatoms. The number of sulfonamides is 1. The first kappa shape index (κ1) is 20.8. The van der Waals surface area contributed by atoms with Crippen molar-refractivity contribution in [1.29, 1.82) is 0 Å². The van der Waals surface area contributed by atoms with E-state index in [4.69, 9.17) is 0 Å². The minimum Gasteiger partial charge on any atom is -0.356 e. The summed E-state index contributed by atoms with van der Waals surface area (Å²) in [7, 11) is -3.46. The second-order valence-electron chi connectivity index (χ2n) is 7.53. The minimum absolute atomic E-state index is 0.00283. The fourth-order valence-electron chi connectivity index (χ4n) is 3.93. The molecule has 3 heterocycles. The summed E-state index contributed by atoms with van der Waals surface area (Å²) in [6.07, 6.45) is 7.67. The Balaban J connectivity index is 1.43. The molecular formula is C19H31N3O3S2. The Morgan fingerprint density at radius 3 is 2.63 bits per heavy atom. The van der Waals surface area contributed by atoms with E-state index in [0.29, 0.717) is 17.3 Å². The minimum atomic E-state index is -3.46. The molecule has 1 amide bonds. The van der Waals surface area contributed by atoms with Crippen LogP contribution in [0.2, 0.25) is 0 Å². The van der Waals surface area contributed by atoms with Gasteiger partial charge in [0, 0.05) is 19.6 Å². The molecule has 2 saturated heterocycles. The molecule has 1 aromatic heterocycles. The van der Waals surface area contributed by atoms with E-state index in [1.54, 1.807) is 17.5 Å². The molecule has 2 aliphatic heterocycles. The van der Waals surface area contributed by atoms with Crippen LogP contribution in [0.4, 0.5) is 0 Å². The fourth-order valence-corrected chi connectivity index (χ4v) is 6.60. The van der Waals surface area contributed by atoms with Crippen molar-refractivity contribution in [3.8, 4) is 0 Å². The van der Waals surface area contributed by atoms with E-state index in [9.17, 15) is 13.2 Å². The van der Waals surface area contributed by atoms with Crippen LogP contribution < -0.4 is 5.32 Å². The van der Waals surface area contributed by atoms with Crippen LogP contribution in [0, 0.1) is 5.92 Å². The molecule has 1 N–H and O–H groups in total. The molecule has 2 aliphatic rings. The fraction of sp³-hybridized carbons (Fsp3) is 0.737. The number of carbonyl (C=O) groups is 1. The average molecular weight is 414 g/mol. The second-order valence-corrected chi connectivity index (χ2v) is 10.6. The van der Waals surface area contributed by atoms with E-state index in [2.05, 4.69) is 10.2 Å². The smallest absolute Gasteiger partial charge is 0.252 e. The molecule has 6 nitrogen and oxygen atoms in total. The average Bonchev–Trinajstić information content (AvgIpc) is 3.11. The van der Waals surface area contributed by atoms with Crippen LogP contribution in [0.3, 0.4) is 0 Å². The summed E-state index contributed by atoms with van der Waals surface area (Å²) in [6, 6.07) is 3.38. The number of nitrogens with one attached hydrogen (secondary N) is 1. The summed E-state index contributed by atoms with van der Waals surface area (Å²) in [4.78, 5) is 15.0. The lowest BCUT2D eigenvalue weighted by molar-refractivity contribution is -0.126. The van der Waals surface area contributed by atoms with Crippen LogP contribution in [-0.4, -0.2) is 62.8 Å². The van der Waals surface area contributed by atoms with Crippen LogP contribution >= 0.6 is 11.3 Å². The Bertz CT molecular complexity index is 683. The van der Waals surface area contributed by atoms with Gasteiger partial charge in [0.1, 0.15) is 4.21 Å². The van der Waals surface area contributed by atoms with Gasteiger partial charge in [-0.3, -0.25) is 4.79 Å². The van der Waals surface area contributed by atoms with Crippen molar-refractivity contribution in [3.05, 3.63) is 17.5 Å². The van der Waals surface area contributed by atoms with Gasteiger partial charge in [-0.15, -0.1) is 11.3 Å². The van der Waals surface area contributed by atoms with E-state index < -0.39 is 10.0 Å². The largest absolute Gasteiger partial charge is 0.356 e. The highest BCUT2D eigenvalue weighted by Crippen LogP contribution is 2.26. The topological polar surface area (TPSA) is 69.7 Å². The van der Waals surface area contributed by atoms with Crippen molar-refractivity contribution < 1.29 is 13.2 Å². The van der Waals surface area contributed by atoms with Gasteiger partial charge in [0.15, 0.2) is 0 Å². The number of hydrogen-bond donors (Lipinski definition) is 1. The molecule has 152 valence electrons. The number of nitrogens with zero attached hydrogens (tertiary/aromatic N) is 2. The molecule has 0 spiro atoms. The molecular weight excluding hydrogens is 382 g/mol. The van der Waals surface area contributed by atoms with E-state index in [1.165, 1.54) is 54.4 Å². The normalized spacial score (nSPS) is 23.0. The molecule has 27 heavy (non-hydrogen) atoms. The van der Waals surface area contributed by atoms with Gasteiger partial charge >= 0.3 is 0 Å². The Morgan fingerprint density at radius 2 is 1.93 bits per heavy atom. The molecule has 0 radical (unpaired) electrons. The van der Waals surface area contributed by atoms with Crippen molar-refractivity contribution in [3.63, 3.8) is 0 Å². The van der Waals surface area contributed by atoms with Crippen LogP contribution in [0.5, 0.6) is 0 Å². The lowest BCUT2D eigenvalue weighted by Crippen LogP contribution is -2.45. The van der Waals surface area contributed by atoms with Gasteiger partial charge in [0.25, 0.3) is 10.0 Å². The summed E-state index contributed by atoms with van der Waals surface area (Å²) in [5, 5.41) is 4.80. The predicted octanol–water partition coefficient (Wildman–Crippen LogP) is 2.53. The van der Waals surface area contributed by atoms with Gasteiger partial charge in [-0.25, -0.2) is 8.42 Å². The van der Waals surface area contributed by atoms with Gasteiger partial charge in [-0.1, -0.05) is 18.9 Å². The van der Waals surface area contributed by atoms with E-state index >= 15 is 0 Å². The maximum atomic E-state index is 12.7. The summed E-state index contributed by atoms with van der Waals surface area (Å²) in [5.74, 6) is -0.247. The second kappa shape index (κ2) is 10.0. The van der Waals surface area contributed by atoms with Gasteiger partial charge in [-0.2, -0.15) is 4.31 Å². The number of hydrogen-bond acceptors (Lipinski definition) is 5. The van der Waals surface area contributed by atoms with Gasteiger partial charge < -0.3 is 10.2 Å². The standard InChI is InChI=1S/C19H31N3O3S2/c23-19(20-10-7-13-21-11-3-1-2-4-12-21)17-8-5-14-22(16-17)27(24,25)18-9-6-15-26-18/h6,9,15,17H,1-5,7-8,10-14,16H2,(H,20,23). The first-order valence-corrected chi connectivity index (χ1v) is 12.4. The molecule has 2 fully saturated rings. The summed E-state index contributed by atoms with van der Waals surface area (Å²) < 4.78 is 27.2. The summed E-state index contributed by atoms with van der Waals surface area (Å²) in [5.41, 5.74) is 0. The van der Waals surface area contributed by atoms with Crippen LogP contribution in [0.15, 0.2) is 21.7 Å². The maximum Gasteiger partial charge on any atom is 0.252 e. The monoisotopic (exact) mass is 413 g/mol. The Hall–Kier alpha value is -0.960. The van der Waals surface area contributed by atoms with Crippen LogP contribution in [-0.2, 0) is 14.8 Å². The molecule has 1 aromatic rings. The van der Waals surface area contributed by atoms with E-state index in [0.717, 1.165) is 25.8 Å². The number of rotatable bonds is 7. The summed E-state index contributed by atoms with van der Waals surface area (Å²) in [6.45, 7) is 4.84. The zero-order chi connectivity index (χ0) is 19.1. The first-order chi connectivity index (χ1) is 13.1. The van der Waals surface area contributed by atoms with Gasteiger partial charge in [0.05, 0.1) is 5.92 Å². The lowest BCUT2D eigenvalue weighted by Gasteiger charge is -2.30. The predicted molar refractivity (Wildman–Crippen MR) is 108 cm³/mol. The number of amides is 1. The third-order valence-corrected chi connectivity index (χ3v) is 8.73. The zero-order valence-corrected chi connectivity index (χ0v) is 17.6. The van der Waals surface area contributed by atoms with Crippen molar-refractivity contribution in [2.24, 2.45) is 5.92 Å². The van der Waals surface area contributed by atoms with Crippen molar-refractivity contribution in [2.45, 2.75) is 49.2 Å². The Labute approximate surface area is 167 Å². The van der Waals surface area contributed by atoms with Crippen LogP contribution in [0.25, 0.3) is 0 Å². The van der Waals surface area contributed by atoms with Crippen molar-refractivity contribution >= 4 is 27.3 Å². The molecule has 0 aliphatic carbocycles. The SMILES string of the molecule is O=C(NCCCN1CCCCCC1)C1CCCN(S(=O)(=O)c2cccs2)C1. The molecule has 1 unspecified atom stereocenters. The van der Waals surface area contributed by atoms with Crippen molar-refractivity contribution in [2.75, 3.05) is 39.3 Å². The Morgan fingerprint density at radius 1 is 1.15 bits per heavy atom. The molecule has 3 rings (SSSR count). The van der Waals surface area contributed by atoms with E-state index in [1.807, 2.05) is 0 Å². The number of likely N-dealkylation sites (tertiary alicyclic amines) is 1. The molecule has 0 saturated carbocycles. The maximum absolute atomic E-state index is 12.7. The van der Waals surface area contributed by atoms with Crippen LogP contribution in [0.1, 0.15) is 44.9 Å². The molecule has 0 aromatic carbocycles. The highest BCUT2D eigenvalue weighted by Gasteiger charge is 2.33. The third-order valence-electron chi connectivity index (χ3n) is 5.49. The first-order valence-electron chi connectivity index (χ1n) is 10.1. The number of carbonyl (C=O) groups excluding carboxylic acids is 1. The highest BCUT2D eigenvalue weighted by atomic mass is 32.2. The number of piperidine rings is 1. The van der Waals surface area contributed by atoms with Gasteiger partial charge in [-0.05, 0) is 63.2 Å². The Kier molecular flexibility index (Phi) is 7.69.